The predicted molar refractivity (Wildman–Crippen MR) is 100 cm³/mol. The third kappa shape index (κ3) is 7.24. The Bertz CT molecular complexity index is 206. The van der Waals surface area contributed by atoms with Gasteiger partial charge in [0.1, 0.15) is 0 Å². The van der Waals surface area contributed by atoms with Gasteiger partial charge >= 0.3 is 0 Å². The zero-order valence-electron chi connectivity index (χ0n) is 12.7. The Hall–Kier alpha value is 1.38. The molecule has 0 aromatic heterocycles. The second-order valence-electron chi connectivity index (χ2n) is 5.74. The maximum absolute atomic E-state index is 2.58. The lowest BCUT2D eigenvalue weighted by molar-refractivity contribution is 0.201. The fourth-order valence-electron chi connectivity index (χ4n) is 1.69. The van der Waals surface area contributed by atoms with Crippen molar-refractivity contribution in [2.75, 3.05) is 42.6 Å². The van der Waals surface area contributed by atoms with Crippen LogP contribution in [0.5, 0.6) is 0 Å². The largest absolute Gasteiger partial charge is 0.307 e. The average molecular weight is 480 g/mol. The van der Waals surface area contributed by atoms with Crippen LogP contribution in [0.1, 0.15) is 33.6 Å². The normalized spacial score (nSPS) is 13.0. The van der Waals surface area contributed by atoms with Gasteiger partial charge in [0, 0.05) is 14.9 Å². The van der Waals surface area contributed by atoms with Gasteiger partial charge in [-0.2, -0.15) is 0 Å². The molecule has 0 spiro atoms. The summed E-state index contributed by atoms with van der Waals surface area (Å²) in [4.78, 5) is 4.90. The van der Waals surface area contributed by atoms with Crippen LogP contribution in [0.15, 0.2) is 0 Å². The van der Waals surface area contributed by atoms with E-state index in [0.29, 0.717) is 11.5 Å². The molecular formula is C14H30I2N2. The minimum absolute atomic E-state index is 0.522. The number of rotatable bonds is 10. The Morgan fingerprint density at radius 2 is 1.50 bits per heavy atom. The predicted octanol–water partition coefficient (Wildman–Crippen LogP) is 3.91. The standard InChI is InChI=1S/C14H30I2N2/c1-6-17(4)9-7-14(11-15,12-16)8-10-18(5)13(2)3/h13H,6-12H2,1-5H3. The monoisotopic (exact) mass is 480 g/mol. The lowest BCUT2D eigenvalue weighted by Gasteiger charge is -2.34. The molecule has 0 rings (SSSR count). The van der Waals surface area contributed by atoms with E-state index < -0.39 is 0 Å². The fourth-order valence-corrected chi connectivity index (χ4v) is 4.78. The first-order valence-electron chi connectivity index (χ1n) is 6.91. The van der Waals surface area contributed by atoms with Gasteiger partial charge in [0.25, 0.3) is 0 Å². The lowest BCUT2D eigenvalue weighted by Crippen LogP contribution is -2.36. The van der Waals surface area contributed by atoms with Crippen molar-refractivity contribution in [2.45, 2.75) is 39.7 Å². The van der Waals surface area contributed by atoms with E-state index in [4.69, 9.17) is 0 Å². The highest BCUT2D eigenvalue weighted by molar-refractivity contribution is 14.1. The second kappa shape index (κ2) is 10.2. The molecule has 0 aliphatic carbocycles. The number of hydrogen-bond donors (Lipinski definition) is 0. The molecule has 0 saturated heterocycles. The van der Waals surface area contributed by atoms with Crippen molar-refractivity contribution in [3.05, 3.63) is 0 Å². The van der Waals surface area contributed by atoms with Crippen molar-refractivity contribution in [3.63, 3.8) is 0 Å². The summed E-state index contributed by atoms with van der Waals surface area (Å²) in [6, 6.07) is 0.657. The maximum atomic E-state index is 2.58. The van der Waals surface area contributed by atoms with Gasteiger partial charge in [-0.1, -0.05) is 52.1 Å². The van der Waals surface area contributed by atoms with Crippen molar-refractivity contribution >= 4 is 45.2 Å². The smallest absolute Gasteiger partial charge is 0.00603 e. The summed E-state index contributed by atoms with van der Waals surface area (Å²) in [5.74, 6) is 0. The lowest BCUT2D eigenvalue weighted by atomic mass is 9.85. The van der Waals surface area contributed by atoms with Crippen LogP contribution in [-0.4, -0.2) is 58.4 Å². The van der Waals surface area contributed by atoms with E-state index in [1.54, 1.807) is 0 Å². The quantitative estimate of drug-likeness (QED) is 0.346. The molecule has 0 aliphatic heterocycles. The molecule has 0 bridgehead atoms. The van der Waals surface area contributed by atoms with Gasteiger partial charge < -0.3 is 9.80 Å². The molecular weight excluding hydrogens is 450 g/mol. The molecule has 18 heavy (non-hydrogen) atoms. The van der Waals surface area contributed by atoms with Crippen LogP contribution in [0, 0.1) is 5.41 Å². The molecule has 0 aliphatic rings. The summed E-state index contributed by atoms with van der Waals surface area (Å²) in [6.45, 7) is 10.4. The molecule has 0 aromatic rings. The maximum Gasteiger partial charge on any atom is 0.00603 e. The average Bonchev–Trinajstić information content (AvgIpc) is 2.38. The Morgan fingerprint density at radius 3 is 1.89 bits per heavy atom. The number of nitrogens with zero attached hydrogens (tertiary/aromatic N) is 2. The fraction of sp³-hybridized carbons (Fsp3) is 1.00. The number of alkyl halides is 2. The van der Waals surface area contributed by atoms with Gasteiger partial charge in [0.15, 0.2) is 0 Å². The highest BCUT2D eigenvalue weighted by atomic mass is 127. The van der Waals surface area contributed by atoms with Crippen LogP contribution in [-0.2, 0) is 0 Å². The molecule has 0 fully saturated rings. The summed E-state index contributed by atoms with van der Waals surface area (Å²) < 4.78 is 2.55. The summed E-state index contributed by atoms with van der Waals surface area (Å²) >= 11 is 5.17. The molecule has 0 amide bonds. The summed E-state index contributed by atoms with van der Waals surface area (Å²) in [7, 11) is 4.47. The van der Waals surface area contributed by atoms with Crippen LogP contribution in [0.4, 0.5) is 0 Å². The Labute approximate surface area is 142 Å². The molecule has 0 unspecified atom stereocenters. The molecule has 0 heterocycles. The zero-order valence-corrected chi connectivity index (χ0v) is 17.0. The van der Waals surface area contributed by atoms with Crippen molar-refractivity contribution in [2.24, 2.45) is 5.41 Å². The minimum atomic E-state index is 0.522. The van der Waals surface area contributed by atoms with E-state index in [2.05, 4.69) is 89.8 Å². The van der Waals surface area contributed by atoms with Crippen LogP contribution in [0.3, 0.4) is 0 Å². The topological polar surface area (TPSA) is 6.48 Å². The van der Waals surface area contributed by atoms with E-state index in [-0.39, 0.29) is 0 Å². The van der Waals surface area contributed by atoms with E-state index >= 15 is 0 Å². The van der Waals surface area contributed by atoms with Gasteiger partial charge in [-0.15, -0.1) is 0 Å². The first kappa shape index (κ1) is 19.4. The van der Waals surface area contributed by atoms with Gasteiger partial charge in [0.2, 0.25) is 0 Å². The van der Waals surface area contributed by atoms with Crippen LogP contribution < -0.4 is 0 Å². The molecule has 110 valence electrons. The minimum Gasteiger partial charge on any atom is -0.307 e. The molecule has 0 atom stereocenters. The third-order valence-corrected chi connectivity index (χ3v) is 7.24. The van der Waals surface area contributed by atoms with Crippen molar-refractivity contribution < 1.29 is 0 Å². The van der Waals surface area contributed by atoms with E-state index in [0.717, 1.165) is 6.54 Å². The molecule has 0 N–H and O–H groups in total. The van der Waals surface area contributed by atoms with Gasteiger partial charge in [0.05, 0.1) is 0 Å². The molecule has 4 heteroatoms. The van der Waals surface area contributed by atoms with Crippen LogP contribution in [0.2, 0.25) is 0 Å². The molecule has 0 radical (unpaired) electrons. The van der Waals surface area contributed by atoms with Crippen LogP contribution in [0.25, 0.3) is 0 Å². The Kier molecular flexibility index (Phi) is 10.9. The highest BCUT2D eigenvalue weighted by Gasteiger charge is 2.28. The second-order valence-corrected chi connectivity index (χ2v) is 7.26. The number of halogens is 2. The van der Waals surface area contributed by atoms with Crippen molar-refractivity contribution in [1.29, 1.82) is 0 Å². The molecule has 0 saturated carbocycles. The zero-order chi connectivity index (χ0) is 14.2. The Balaban J connectivity index is 4.33. The van der Waals surface area contributed by atoms with E-state index in [9.17, 15) is 0 Å². The SMILES string of the molecule is CCN(C)CCC(CI)(CI)CCN(C)C(C)C. The first-order chi connectivity index (χ1) is 8.40. The summed E-state index contributed by atoms with van der Waals surface area (Å²) in [5, 5.41) is 0. The van der Waals surface area contributed by atoms with E-state index in [1.807, 2.05) is 0 Å². The van der Waals surface area contributed by atoms with Crippen molar-refractivity contribution in [1.82, 2.24) is 9.80 Å². The Morgan fingerprint density at radius 1 is 1.00 bits per heavy atom. The molecule has 2 nitrogen and oxygen atoms in total. The van der Waals surface area contributed by atoms with Gasteiger partial charge in [-0.3, -0.25) is 0 Å². The first-order valence-corrected chi connectivity index (χ1v) is 9.96. The highest BCUT2D eigenvalue weighted by Crippen LogP contribution is 2.32. The van der Waals surface area contributed by atoms with Gasteiger partial charge in [-0.05, 0) is 65.8 Å². The summed E-state index contributed by atoms with van der Waals surface area (Å²) in [6.07, 6.45) is 2.65. The van der Waals surface area contributed by atoms with Crippen LogP contribution >= 0.6 is 45.2 Å². The molecule has 0 aromatic carbocycles. The van der Waals surface area contributed by atoms with E-state index in [1.165, 1.54) is 34.8 Å². The number of hydrogen-bond acceptors (Lipinski definition) is 2. The summed E-state index contributed by atoms with van der Waals surface area (Å²) in [5.41, 5.74) is 0.522. The van der Waals surface area contributed by atoms with Gasteiger partial charge in [-0.25, -0.2) is 0 Å². The van der Waals surface area contributed by atoms with Crippen molar-refractivity contribution in [3.8, 4) is 0 Å². The third-order valence-electron chi connectivity index (χ3n) is 4.01.